The average Bonchev–Trinajstić information content (AvgIpc) is 2.32. The fraction of sp³-hybridized carbons (Fsp3) is 1.00. The molecule has 110 valence electrons. The Morgan fingerprint density at radius 1 is 0.889 bits per heavy atom. The standard InChI is InChI=1S/C11H29NO4Si2/c1-13-18(14-2,15-3)11-7-9-16-10-8-12-17(4,5)6/h12H,7-11H2,1-6H3. The second kappa shape index (κ2) is 9.19. The first-order valence-electron chi connectivity index (χ1n) is 6.37. The first kappa shape index (κ1) is 18.2. The van der Waals surface area contributed by atoms with Crippen LogP contribution in [0.1, 0.15) is 6.42 Å². The lowest BCUT2D eigenvalue weighted by Crippen LogP contribution is -2.43. The van der Waals surface area contributed by atoms with E-state index < -0.39 is 17.0 Å². The maximum atomic E-state index is 5.57. The Hall–Kier alpha value is 0.234. The molecule has 0 aliphatic carbocycles. The van der Waals surface area contributed by atoms with Crippen molar-refractivity contribution in [3.63, 3.8) is 0 Å². The van der Waals surface area contributed by atoms with Gasteiger partial charge in [-0.15, -0.1) is 0 Å². The summed E-state index contributed by atoms with van der Waals surface area (Å²) >= 11 is 0. The summed E-state index contributed by atoms with van der Waals surface area (Å²) in [6.07, 6.45) is 0.898. The zero-order valence-corrected chi connectivity index (χ0v) is 14.7. The van der Waals surface area contributed by atoms with Crippen LogP contribution in [-0.4, -0.2) is 58.1 Å². The van der Waals surface area contributed by atoms with Crippen LogP contribution in [0.2, 0.25) is 25.7 Å². The summed E-state index contributed by atoms with van der Waals surface area (Å²) < 4.78 is 21.6. The SMILES string of the molecule is CO[Si](CCCOCCN[Si](C)(C)C)(OC)OC. The topological polar surface area (TPSA) is 49.0 Å². The van der Waals surface area contributed by atoms with Crippen LogP contribution in [0.25, 0.3) is 0 Å². The highest BCUT2D eigenvalue weighted by atomic mass is 28.4. The maximum Gasteiger partial charge on any atom is 0.500 e. The molecular formula is C11H29NO4Si2. The molecular weight excluding hydrogens is 266 g/mol. The molecule has 0 bridgehead atoms. The van der Waals surface area contributed by atoms with Gasteiger partial charge in [0.1, 0.15) is 8.24 Å². The maximum absolute atomic E-state index is 5.57. The van der Waals surface area contributed by atoms with Crippen LogP contribution in [0.4, 0.5) is 0 Å². The lowest BCUT2D eigenvalue weighted by Gasteiger charge is -2.24. The fourth-order valence-electron chi connectivity index (χ4n) is 1.55. The van der Waals surface area contributed by atoms with Gasteiger partial charge in [-0.2, -0.15) is 0 Å². The van der Waals surface area contributed by atoms with Gasteiger partial charge in [0.2, 0.25) is 0 Å². The van der Waals surface area contributed by atoms with Crippen LogP contribution in [-0.2, 0) is 18.0 Å². The largest absolute Gasteiger partial charge is 0.500 e. The summed E-state index contributed by atoms with van der Waals surface area (Å²) in [7, 11) is 1.35. The van der Waals surface area contributed by atoms with E-state index in [1.54, 1.807) is 21.3 Å². The Bertz CT molecular complexity index is 199. The highest BCUT2D eigenvalue weighted by molar-refractivity contribution is 6.73. The number of hydrogen-bond acceptors (Lipinski definition) is 5. The third kappa shape index (κ3) is 8.36. The zero-order valence-electron chi connectivity index (χ0n) is 12.7. The molecule has 0 aromatic rings. The van der Waals surface area contributed by atoms with Gasteiger partial charge in [-0.25, -0.2) is 0 Å². The third-order valence-electron chi connectivity index (χ3n) is 2.61. The molecule has 0 atom stereocenters. The van der Waals surface area contributed by atoms with Gasteiger partial charge >= 0.3 is 8.80 Å². The van der Waals surface area contributed by atoms with Gasteiger partial charge in [0, 0.05) is 40.5 Å². The van der Waals surface area contributed by atoms with E-state index in [1.807, 2.05) is 0 Å². The van der Waals surface area contributed by atoms with Crippen molar-refractivity contribution in [1.82, 2.24) is 4.98 Å². The highest BCUT2D eigenvalue weighted by Crippen LogP contribution is 2.14. The number of ether oxygens (including phenoxy) is 1. The van der Waals surface area contributed by atoms with E-state index in [0.29, 0.717) is 0 Å². The van der Waals surface area contributed by atoms with Gasteiger partial charge in [0.05, 0.1) is 6.61 Å². The average molecular weight is 296 g/mol. The highest BCUT2D eigenvalue weighted by Gasteiger charge is 2.36. The van der Waals surface area contributed by atoms with Crippen LogP contribution >= 0.6 is 0 Å². The number of rotatable bonds is 11. The summed E-state index contributed by atoms with van der Waals surface area (Å²) in [5, 5.41) is 0. The first-order chi connectivity index (χ1) is 8.39. The van der Waals surface area contributed by atoms with Crippen molar-refractivity contribution in [3.8, 4) is 0 Å². The molecule has 0 radical (unpaired) electrons. The van der Waals surface area contributed by atoms with E-state index in [9.17, 15) is 0 Å². The number of hydrogen-bond donors (Lipinski definition) is 1. The first-order valence-corrected chi connectivity index (χ1v) is 11.8. The monoisotopic (exact) mass is 295 g/mol. The van der Waals surface area contributed by atoms with Crippen molar-refractivity contribution >= 4 is 17.0 Å². The molecule has 0 saturated heterocycles. The summed E-state index contributed by atoms with van der Waals surface area (Å²) in [5.41, 5.74) is 0. The Morgan fingerprint density at radius 2 is 1.44 bits per heavy atom. The van der Waals surface area contributed by atoms with E-state index in [-0.39, 0.29) is 0 Å². The van der Waals surface area contributed by atoms with Crippen molar-refractivity contribution in [3.05, 3.63) is 0 Å². The Kier molecular flexibility index (Phi) is 9.31. The van der Waals surface area contributed by atoms with E-state index in [4.69, 9.17) is 18.0 Å². The van der Waals surface area contributed by atoms with E-state index in [1.165, 1.54) is 0 Å². The molecule has 7 heteroatoms. The quantitative estimate of drug-likeness (QED) is 0.464. The Morgan fingerprint density at radius 3 is 1.89 bits per heavy atom. The summed E-state index contributed by atoms with van der Waals surface area (Å²) in [5.74, 6) is 0. The predicted molar refractivity (Wildman–Crippen MR) is 78.4 cm³/mol. The van der Waals surface area contributed by atoms with Crippen molar-refractivity contribution in [2.24, 2.45) is 0 Å². The van der Waals surface area contributed by atoms with Gasteiger partial charge in [-0.3, -0.25) is 0 Å². The second-order valence-electron chi connectivity index (χ2n) is 5.19. The van der Waals surface area contributed by atoms with Crippen LogP contribution in [0.3, 0.4) is 0 Å². The molecule has 0 aromatic carbocycles. The second-order valence-corrected chi connectivity index (χ2v) is 13.1. The van der Waals surface area contributed by atoms with Crippen molar-refractivity contribution in [1.29, 1.82) is 0 Å². The van der Waals surface area contributed by atoms with Gasteiger partial charge in [-0.1, -0.05) is 19.6 Å². The minimum Gasteiger partial charge on any atom is -0.380 e. The molecule has 18 heavy (non-hydrogen) atoms. The van der Waals surface area contributed by atoms with Crippen LogP contribution < -0.4 is 4.98 Å². The molecule has 1 N–H and O–H groups in total. The Labute approximate surface area is 114 Å². The molecule has 0 unspecified atom stereocenters. The normalized spacial score (nSPS) is 13.0. The van der Waals surface area contributed by atoms with Crippen molar-refractivity contribution < 1.29 is 18.0 Å². The molecule has 0 amide bonds. The molecule has 0 saturated carbocycles. The van der Waals surface area contributed by atoms with Crippen LogP contribution in [0.5, 0.6) is 0 Å². The fourth-order valence-corrected chi connectivity index (χ4v) is 4.09. The predicted octanol–water partition coefficient (Wildman–Crippen LogP) is 1.70. The number of nitrogens with one attached hydrogen (secondary N) is 1. The molecule has 0 spiro atoms. The lowest BCUT2D eigenvalue weighted by molar-refractivity contribution is 0.109. The summed E-state index contributed by atoms with van der Waals surface area (Å²) in [6, 6.07) is 0.790. The molecule has 0 rings (SSSR count). The molecule has 0 aliphatic rings. The molecule has 0 fully saturated rings. The zero-order chi connectivity index (χ0) is 14.1. The lowest BCUT2D eigenvalue weighted by atomic mass is 10.5. The van der Waals surface area contributed by atoms with E-state index >= 15 is 0 Å². The molecule has 0 aliphatic heterocycles. The van der Waals surface area contributed by atoms with E-state index in [2.05, 4.69) is 24.6 Å². The molecule has 0 heterocycles. The van der Waals surface area contributed by atoms with Gasteiger partial charge in [0.25, 0.3) is 0 Å². The minimum absolute atomic E-state index is 0.720. The van der Waals surface area contributed by atoms with Crippen LogP contribution in [0, 0.1) is 0 Å². The van der Waals surface area contributed by atoms with Crippen molar-refractivity contribution in [2.45, 2.75) is 32.1 Å². The van der Waals surface area contributed by atoms with Gasteiger partial charge < -0.3 is 23.0 Å². The molecule has 0 aromatic heterocycles. The van der Waals surface area contributed by atoms with Crippen LogP contribution in [0.15, 0.2) is 0 Å². The van der Waals surface area contributed by atoms with Gasteiger partial charge in [-0.05, 0) is 6.42 Å². The van der Waals surface area contributed by atoms with Crippen molar-refractivity contribution in [2.75, 3.05) is 41.1 Å². The minimum atomic E-state index is -2.40. The third-order valence-corrected chi connectivity index (χ3v) is 6.75. The molecule has 5 nitrogen and oxygen atoms in total. The Balaban J connectivity index is 3.56. The van der Waals surface area contributed by atoms with Gasteiger partial charge in [0.15, 0.2) is 0 Å². The summed E-state index contributed by atoms with van der Waals surface area (Å²) in [6.45, 7) is 9.25. The smallest absolute Gasteiger partial charge is 0.380 e. The summed E-state index contributed by atoms with van der Waals surface area (Å²) in [4.78, 5) is 3.51. The van der Waals surface area contributed by atoms with E-state index in [0.717, 1.165) is 32.2 Å².